The average Bonchev–Trinajstić information content (AvgIpc) is 3.01. The van der Waals surface area contributed by atoms with E-state index in [-0.39, 0.29) is 11.8 Å². The van der Waals surface area contributed by atoms with Crippen molar-refractivity contribution in [2.75, 3.05) is 11.4 Å². The van der Waals surface area contributed by atoms with Gasteiger partial charge in [0, 0.05) is 36.3 Å². The summed E-state index contributed by atoms with van der Waals surface area (Å²) < 4.78 is 1.53. The van der Waals surface area contributed by atoms with Gasteiger partial charge in [0.25, 0.3) is 5.91 Å². The van der Waals surface area contributed by atoms with Crippen LogP contribution in [0.2, 0.25) is 0 Å². The second kappa shape index (κ2) is 6.87. The molecule has 1 aromatic carbocycles. The molecule has 142 valence electrons. The topological polar surface area (TPSA) is 84.1 Å². The largest absolute Gasteiger partial charge is 0.493 e. The van der Waals surface area contributed by atoms with Gasteiger partial charge in [0.15, 0.2) is 0 Å². The molecule has 0 unspecified atom stereocenters. The summed E-state index contributed by atoms with van der Waals surface area (Å²) in [7, 11) is 0. The predicted octanol–water partition coefficient (Wildman–Crippen LogP) is 3.24. The van der Waals surface area contributed by atoms with Gasteiger partial charge in [-0.05, 0) is 42.8 Å². The molecule has 0 atom stereocenters. The lowest BCUT2D eigenvalue weighted by Gasteiger charge is -2.21. The van der Waals surface area contributed by atoms with E-state index in [0.717, 1.165) is 5.69 Å². The summed E-state index contributed by atoms with van der Waals surface area (Å²) in [5, 5.41) is 15.6. The molecular formula is C22H17N5O2. The summed E-state index contributed by atoms with van der Waals surface area (Å²) >= 11 is 0. The van der Waals surface area contributed by atoms with Crippen molar-refractivity contribution in [2.24, 2.45) is 0 Å². The van der Waals surface area contributed by atoms with Gasteiger partial charge < -0.3 is 5.11 Å². The highest BCUT2D eigenvalue weighted by Crippen LogP contribution is 2.39. The third-order valence-corrected chi connectivity index (χ3v) is 4.99. The van der Waals surface area contributed by atoms with Gasteiger partial charge >= 0.3 is 0 Å². The van der Waals surface area contributed by atoms with Crippen LogP contribution in [0, 0.1) is 0 Å². The number of aromatic nitrogens is 4. The molecule has 5 rings (SSSR count). The SMILES string of the molecule is O=C(c1cccnc1)N1CCc2c(nn(-c3ccccc3)c2O)-c2cccnc21. The van der Waals surface area contributed by atoms with Crippen LogP contribution in [0.5, 0.6) is 5.88 Å². The molecule has 1 N–H and O–H groups in total. The molecule has 0 fully saturated rings. The van der Waals surface area contributed by atoms with Gasteiger partial charge in [-0.2, -0.15) is 5.10 Å². The molecule has 0 spiro atoms. The van der Waals surface area contributed by atoms with Crippen LogP contribution in [0.25, 0.3) is 16.9 Å². The van der Waals surface area contributed by atoms with E-state index in [2.05, 4.69) is 15.1 Å². The van der Waals surface area contributed by atoms with E-state index in [4.69, 9.17) is 0 Å². The highest BCUT2D eigenvalue weighted by atomic mass is 16.3. The van der Waals surface area contributed by atoms with Crippen LogP contribution in [-0.4, -0.2) is 37.3 Å². The monoisotopic (exact) mass is 383 g/mol. The predicted molar refractivity (Wildman–Crippen MR) is 108 cm³/mol. The lowest BCUT2D eigenvalue weighted by Crippen LogP contribution is -2.33. The molecule has 0 saturated carbocycles. The molecule has 4 aromatic rings. The molecule has 1 amide bonds. The number of fused-ring (bicyclic) bond motifs is 3. The Morgan fingerprint density at radius 2 is 1.83 bits per heavy atom. The minimum atomic E-state index is -0.182. The van der Waals surface area contributed by atoms with Gasteiger partial charge in [0.2, 0.25) is 5.88 Å². The summed E-state index contributed by atoms with van der Waals surface area (Å²) in [6.45, 7) is 0.374. The van der Waals surface area contributed by atoms with Crippen molar-refractivity contribution in [2.45, 2.75) is 6.42 Å². The maximum Gasteiger partial charge on any atom is 0.261 e. The molecule has 0 saturated heterocycles. The lowest BCUT2D eigenvalue weighted by atomic mass is 10.1. The lowest BCUT2D eigenvalue weighted by molar-refractivity contribution is 0.0986. The number of hydrogen-bond donors (Lipinski definition) is 1. The average molecular weight is 383 g/mol. The number of carbonyl (C=O) groups excluding carboxylic acids is 1. The number of nitrogens with zero attached hydrogens (tertiary/aromatic N) is 5. The van der Waals surface area contributed by atoms with Gasteiger partial charge in [-0.3, -0.25) is 14.7 Å². The molecule has 4 heterocycles. The molecule has 29 heavy (non-hydrogen) atoms. The van der Waals surface area contributed by atoms with Crippen LogP contribution >= 0.6 is 0 Å². The van der Waals surface area contributed by atoms with E-state index in [1.807, 2.05) is 36.4 Å². The van der Waals surface area contributed by atoms with E-state index in [9.17, 15) is 9.90 Å². The number of anilines is 1. The Labute approximate surface area is 166 Å². The Hall–Kier alpha value is -4.00. The van der Waals surface area contributed by atoms with Crippen LogP contribution in [0.4, 0.5) is 5.82 Å². The normalized spacial score (nSPS) is 12.8. The molecule has 0 bridgehead atoms. The van der Waals surface area contributed by atoms with Crippen LogP contribution in [0.3, 0.4) is 0 Å². The number of hydrogen-bond acceptors (Lipinski definition) is 5. The molecular weight excluding hydrogens is 366 g/mol. The Kier molecular flexibility index (Phi) is 4.05. The maximum atomic E-state index is 13.1. The van der Waals surface area contributed by atoms with Crippen molar-refractivity contribution >= 4 is 11.7 Å². The first-order valence-electron chi connectivity index (χ1n) is 9.27. The Morgan fingerprint density at radius 1 is 1.00 bits per heavy atom. The van der Waals surface area contributed by atoms with Crippen LogP contribution < -0.4 is 4.90 Å². The molecule has 1 aliphatic rings. The van der Waals surface area contributed by atoms with E-state index in [0.29, 0.717) is 41.2 Å². The minimum Gasteiger partial charge on any atom is -0.493 e. The molecule has 0 aliphatic carbocycles. The van der Waals surface area contributed by atoms with Crippen LogP contribution in [0.1, 0.15) is 15.9 Å². The third-order valence-electron chi connectivity index (χ3n) is 4.99. The first-order chi connectivity index (χ1) is 14.2. The molecule has 3 aromatic heterocycles. The zero-order valence-electron chi connectivity index (χ0n) is 15.4. The van der Waals surface area contributed by atoms with Gasteiger partial charge in [-0.15, -0.1) is 0 Å². The van der Waals surface area contributed by atoms with E-state index in [1.54, 1.807) is 41.7 Å². The second-order valence-corrected chi connectivity index (χ2v) is 6.72. The number of carbonyl (C=O) groups is 1. The first-order valence-corrected chi connectivity index (χ1v) is 9.27. The summed E-state index contributed by atoms with van der Waals surface area (Å²) in [4.78, 5) is 23.3. The number of para-hydroxylation sites is 1. The first kappa shape index (κ1) is 17.1. The van der Waals surface area contributed by atoms with Crippen molar-refractivity contribution in [3.63, 3.8) is 0 Å². The summed E-state index contributed by atoms with van der Waals surface area (Å²) in [6.07, 6.45) is 5.28. The van der Waals surface area contributed by atoms with Crippen molar-refractivity contribution in [1.82, 2.24) is 19.7 Å². The fourth-order valence-corrected chi connectivity index (χ4v) is 3.61. The van der Waals surface area contributed by atoms with Crippen molar-refractivity contribution in [3.05, 3.63) is 84.3 Å². The smallest absolute Gasteiger partial charge is 0.261 e. The van der Waals surface area contributed by atoms with Gasteiger partial charge in [-0.25, -0.2) is 9.67 Å². The second-order valence-electron chi connectivity index (χ2n) is 6.72. The third kappa shape index (κ3) is 2.84. The van der Waals surface area contributed by atoms with Crippen LogP contribution in [0.15, 0.2) is 73.2 Å². The van der Waals surface area contributed by atoms with Crippen molar-refractivity contribution < 1.29 is 9.90 Å². The Balaban J connectivity index is 1.64. The van der Waals surface area contributed by atoms with Crippen molar-refractivity contribution in [3.8, 4) is 22.8 Å². The number of pyridine rings is 2. The molecule has 1 aliphatic heterocycles. The standard InChI is InChI=1S/C22H17N5O2/c28-21(15-6-4-11-23-14-15)26-13-10-18-19(17-9-5-12-24-20(17)26)25-27(22(18)29)16-7-2-1-3-8-16/h1-9,11-12,14,29H,10,13H2. The molecule has 7 heteroatoms. The highest BCUT2D eigenvalue weighted by molar-refractivity contribution is 6.07. The van der Waals surface area contributed by atoms with Crippen LogP contribution in [-0.2, 0) is 6.42 Å². The Bertz CT molecular complexity index is 1190. The quantitative estimate of drug-likeness (QED) is 0.574. The zero-order chi connectivity index (χ0) is 19.8. The minimum absolute atomic E-state index is 0.0803. The maximum absolute atomic E-state index is 13.1. The van der Waals surface area contributed by atoms with Gasteiger partial charge in [0.1, 0.15) is 11.5 Å². The summed E-state index contributed by atoms with van der Waals surface area (Å²) in [5.74, 6) is 0.424. The van der Waals surface area contributed by atoms with Gasteiger partial charge in [0.05, 0.1) is 11.3 Å². The van der Waals surface area contributed by atoms with Gasteiger partial charge in [-0.1, -0.05) is 18.2 Å². The zero-order valence-corrected chi connectivity index (χ0v) is 15.4. The number of benzene rings is 1. The van der Waals surface area contributed by atoms with Crippen molar-refractivity contribution in [1.29, 1.82) is 0 Å². The Morgan fingerprint density at radius 3 is 2.62 bits per heavy atom. The number of aromatic hydroxyl groups is 1. The highest BCUT2D eigenvalue weighted by Gasteiger charge is 2.30. The van der Waals surface area contributed by atoms with E-state index in [1.165, 1.54) is 4.68 Å². The fourth-order valence-electron chi connectivity index (χ4n) is 3.61. The number of amides is 1. The van der Waals surface area contributed by atoms with E-state index >= 15 is 0 Å². The summed E-state index contributed by atoms with van der Waals surface area (Å²) in [5.41, 5.74) is 3.30. The summed E-state index contributed by atoms with van der Waals surface area (Å²) in [6, 6.07) is 16.6. The molecule has 7 nitrogen and oxygen atoms in total. The number of rotatable bonds is 2. The fraction of sp³-hybridized carbons (Fsp3) is 0.0909. The van der Waals surface area contributed by atoms with E-state index < -0.39 is 0 Å². The molecule has 0 radical (unpaired) electrons.